The molecule has 4 nitrogen and oxygen atoms in total. The van der Waals surface area contributed by atoms with Crippen LogP contribution in [-0.4, -0.2) is 35.8 Å². The Morgan fingerprint density at radius 1 is 1.12 bits per heavy atom. The molecule has 4 rings (SSSR count). The molecular weight excluding hydrogens is 324 g/mol. The summed E-state index contributed by atoms with van der Waals surface area (Å²) in [6.07, 6.45) is 6.55. The van der Waals surface area contributed by atoms with Crippen LogP contribution in [0.3, 0.4) is 0 Å². The van der Waals surface area contributed by atoms with E-state index in [0.717, 1.165) is 45.2 Å². The largest absolute Gasteiger partial charge is 0.468 e. The van der Waals surface area contributed by atoms with Crippen LogP contribution in [0, 0.1) is 0 Å². The lowest BCUT2D eigenvalue weighted by molar-refractivity contribution is 0.140. The second-order valence-electron chi connectivity index (χ2n) is 7.12. The van der Waals surface area contributed by atoms with E-state index in [0.29, 0.717) is 5.92 Å². The minimum Gasteiger partial charge on any atom is -0.468 e. The van der Waals surface area contributed by atoms with Crippen LogP contribution in [0.1, 0.15) is 37.0 Å². The Morgan fingerprint density at radius 2 is 1.96 bits per heavy atom. The third-order valence-electron chi connectivity index (χ3n) is 5.49. The monoisotopic (exact) mass is 352 g/mol. The summed E-state index contributed by atoms with van der Waals surface area (Å²) in [6, 6.07) is 12.8. The summed E-state index contributed by atoms with van der Waals surface area (Å²) < 4.78 is 13.4. The highest BCUT2D eigenvalue weighted by molar-refractivity contribution is 5.84. The summed E-state index contributed by atoms with van der Waals surface area (Å²) in [5.74, 6) is 1.71. The highest BCUT2D eigenvalue weighted by atomic mass is 16.5. The smallest absolute Gasteiger partial charge is 0.117 e. The number of piperidine rings is 1. The summed E-state index contributed by atoms with van der Waals surface area (Å²) in [6.45, 7) is 7.71. The molecule has 1 saturated heterocycles. The van der Waals surface area contributed by atoms with Crippen molar-refractivity contribution in [2.75, 3.05) is 26.3 Å². The molecule has 0 radical (unpaired) electrons. The quantitative estimate of drug-likeness (QED) is 0.580. The van der Waals surface area contributed by atoms with E-state index in [1.165, 1.54) is 29.3 Å². The molecule has 3 aromatic rings. The van der Waals surface area contributed by atoms with Gasteiger partial charge in [-0.15, -0.1) is 0 Å². The third kappa shape index (κ3) is 3.71. The van der Waals surface area contributed by atoms with Crippen LogP contribution in [-0.2, 0) is 17.8 Å². The Balaban J connectivity index is 1.47. The van der Waals surface area contributed by atoms with Gasteiger partial charge < -0.3 is 13.7 Å². The van der Waals surface area contributed by atoms with Crippen molar-refractivity contribution in [1.82, 2.24) is 9.47 Å². The van der Waals surface area contributed by atoms with E-state index in [1.807, 2.05) is 6.07 Å². The Hall–Kier alpha value is -2.04. The highest BCUT2D eigenvalue weighted by Crippen LogP contribution is 2.34. The summed E-state index contributed by atoms with van der Waals surface area (Å²) in [4.78, 5) is 2.50. The zero-order valence-corrected chi connectivity index (χ0v) is 15.6. The number of aromatic nitrogens is 1. The average molecular weight is 352 g/mol. The van der Waals surface area contributed by atoms with E-state index >= 15 is 0 Å². The van der Waals surface area contributed by atoms with E-state index in [-0.39, 0.29) is 0 Å². The molecule has 0 N–H and O–H groups in total. The Kier molecular flexibility index (Phi) is 5.42. The van der Waals surface area contributed by atoms with Crippen LogP contribution >= 0.6 is 0 Å². The molecule has 0 amide bonds. The maximum absolute atomic E-state index is 5.57. The predicted octanol–water partition coefficient (Wildman–Crippen LogP) is 4.65. The van der Waals surface area contributed by atoms with Gasteiger partial charge in [-0.25, -0.2) is 0 Å². The number of furan rings is 1. The van der Waals surface area contributed by atoms with Crippen molar-refractivity contribution in [3.05, 3.63) is 60.2 Å². The molecule has 1 aliphatic heterocycles. The normalized spacial score (nSPS) is 16.5. The number of fused-ring (bicyclic) bond motifs is 1. The molecule has 0 atom stereocenters. The zero-order valence-electron chi connectivity index (χ0n) is 15.6. The zero-order chi connectivity index (χ0) is 17.8. The molecule has 0 saturated carbocycles. The number of likely N-dealkylation sites (tertiary alicyclic amines) is 1. The molecular formula is C22H28N2O2. The molecule has 4 heteroatoms. The first kappa shape index (κ1) is 17.4. The lowest BCUT2D eigenvalue weighted by atomic mass is 9.89. The fourth-order valence-corrected chi connectivity index (χ4v) is 4.12. The van der Waals surface area contributed by atoms with Crippen molar-refractivity contribution in [3.63, 3.8) is 0 Å². The van der Waals surface area contributed by atoms with Gasteiger partial charge in [-0.2, -0.15) is 0 Å². The first-order valence-corrected chi connectivity index (χ1v) is 9.75. The lowest BCUT2D eigenvalue weighted by Crippen LogP contribution is -2.32. The molecule has 0 aliphatic carbocycles. The molecule has 2 aromatic heterocycles. The van der Waals surface area contributed by atoms with Crippen LogP contribution in [0.5, 0.6) is 0 Å². The van der Waals surface area contributed by atoms with Gasteiger partial charge in [-0.05, 0) is 62.5 Å². The molecule has 3 heterocycles. The van der Waals surface area contributed by atoms with Gasteiger partial charge in [0, 0.05) is 30.3 Å². The van der Waals surface area contributed by atoms with E-state index in [9.17, 15) is 0 Å². The summed E-state index contributed by atoms with van der Waals surface area (Å²) in [5.41, 5.74) is 2.84. The van der Waals surface area contributed by atoms with Crippen LogP contribution in [0.15, 0.2) is 53.3 Å². The number of benzene rings is 1. The van der Waals surface area contributed by atoms with Crippen molar-refractivity contribution in [2.24, 2.45) is 0 Å². The van der Waals surface area contributed by atoms with E-state index < -0.39 is 0 Å². The summed E-state index contributed by atoms with van der Waals surface area (Å²) in [5, 5.41) is 1.41. The lowest BCUT2D eigenvalue weighted by Gasteiger charge is -2.31. The maximum Gasteiger partial charge on any atom is 0.117 e. The fourth-order valence-electron chi connectivity index (χ4n) is 4.12. The van der Waals surface area contributed by atoms with Gasteiger partial charge in [0.1, 0.15) is 5.76 Å². The average Bonchev–Trinajstić information content (AvgIpc) is 3.31. The van der Waals surface area contributed by atoms with Crippen molar-refractivity contribution >= 4 is 10.9 Å². The molecule has 1 aromatic carbocycles. The van der Waals surface area contributed by atoms with Crippen molar-refractivity contribution in [1.29, 1.82) is 0 Å². The standard InChI is InChI=1S/C22H28N2O2/c1-2-25-15-13-24-17-21(20-7-3-4-8-22(20)24)18-9-11-23(12-10-18)16-19-6-5-14-26-19/h3-8,14,17-18H,2,9-13,15-16H2,1H3. The van der Waals surface area contributed by atoms with Gasteiger partial charge in [-0.1, -0.05) is 18.2 Å². The van der Waals surface area contributed by atoms with E-state index in [4.69, 9.17) is 9.15 Å². The highest BCUT2D eigenvalue weighted by Gasteiger charge is 2.24. The molecule has 1 fully saturated rings. The first-order valence-electron chi connectivity index (χ1n) is 9.75. The van der Waals surface area contributed by atoms with Gasteiger partial charge in [0.15, 0.2) is 0 Å². The summed E-state index contributed by atoms with van der Waals surface area (Å²) in [7, 11) is 0. The predicted molar refractivity (Wildman–Crippen MR) is 104 cm³/mol. The minimum atomic E-state index is 0.640. The molecule has 0 unspecified atom stereocenters. The second-order valence-corrected chi connectivity index (χ2v) is 7.12. The van der Waals surface area contributed by atoms with Crippen molar-refractivity contribution in [2.45, 2.75) is 38.8 Å². The Bertz CT molecular complexity index is 814. The topological polar surface area (TPSA) is 30.5 Å². The molecule has 26 heavy (non-hydrogen) atoms. The van der Waals surface area contributed by atoms with Gasteiger partial charge in [0.05, 0.1) is 19.4 Å². The first-order chi connectivity index (χ1) is 12.8. The van der Waals surface area contributed by atoms with Gasteiger partial charge in [-0.3, -0.25) is 4.90 Å². The number of nitrogens with zero attached hydrogens (tertiary/aromatic N) is 2. The number of rotatable bonds is 7. The number of ether oxygens (including phenoxy) is 1. The molecule has 138 valence electrons. The van der Waals surface area contributed by atoms with Crippen LogP contribution in [0.2, 0.25) is 0 Å². The number of para-hydroxylation sites is 1. The van der Waals surface area contributed by atoms with Crippen molar-refractivity contribution < 1.29 is 9.15 Å². The van der Waals surface area contributed by atoms with E-state index in [1.54, 1.807) is 6.26 Å². The second kappa shape index (κ2) is 8.11. The Morgan fingerprint density at radius 3 is 2.73 bits per heavy atom. The fraction of sp³-hybridized carbons (Fsp3) is 0.455. The van der Waals surface area contributed by atoms with Crippen LogP contribution < -0.4 is 0 Å². The van der Waals surface area contributed by atoms with Crippen LogP contribution in [0.25, 0.3) is 10.9 Å². The maximum atomic E-state index is 5.57. The number of hydrogen-bond donors (Lipinski definition) is 0. The SMILES string of the molecule is CCOCCn1cc(C2CCN(Cc3ccco3)CC2)c2ccccc21. The minimum absolute atomic E-state index is 0.640. The van der Waals surface area contributed by atoms with Gasteiger partial charge in [0.2, 0.25) is 0 Å². The van der Waals surface area contributed by atoms with Crippen LogP contribution in [0.4, 0.5) is 0 Å². The Labute approximate surface area is 155 Å². The van der Waals surface area contributed by atoms with E-state index in [2.05, 4.69) is 52.9 Å². The van der Waals surface area contributed by atoms with Crippen molar-refractivity contribution in [3.8, 4) is 0 Å². The number of hydrogen-bond acceptors (Lipinski definition) is 3. The van der Waals surface area contributed by atoms with Gasteiger partial charge in [0.25, 0.3) is 0 Å². The summed E-state index contributed by atoms with van der Waals surface area (Å²) >= 11 is 0. The molecule has 1 aliphatic rings. The molecule has 0 bridgehead atoms. The van der Waals surface area contributed by atoms with Gasteiger partial charge >= 0.3 is 0 Å². The molecule has 0 spiro atoms. The third-order valence-corrected chi connectivity index (χ3v) is 5.49.